The standard InChI is InChI=1S/C71H58BN2S/c1-40-25-47-26-48-35-71(34-40,66(47)48)49-19-23-60-54(31-49)55-32-50(69(2)36-51-38-70(51)39-52(70)37-69)33-58-68(55)74(60)61-29-46(42-13-7-4-8-14-42)28-57(67(61)72-58)64-59(73-53-20-17-43(18-21-53)41-11-5-3-6-12-41)22-24-62-65(64)56-27-44-15-9-10-16-45(44)30-63(56)75-62/h3-24,27-33,40,47-48,51-52,66,73H,25-26,34-39H2,1-2H3. The van der Waals surface area contributed by atoms with Gasteiger partial charge in [-0.05, 0) is 225 Å². The number of nitrogens with one attached hydrogen (secondary N) is 1. The molecule has 9 aromatic carbocycles. The topological polar surface area (TPSA) is 17.0 Å². The number of rotatable bonds is 7. The van der Waals surface area contributed by atoms with Crippen LogP contribution in [0.15, 0.2) is 176 Å². The first kappa shape index (κ1) is 42.4. The predicted molar refractivity (Wildman–Crippen MR) is 317 cm³/mol. The van der Waals surface area contributed by atoms with E-state index < -0.39 is 0 Å². The Hall–Kier alpha value is -6.88. The lowest BCUT2D eigenvalue weighted by atomic mass is 9.34. The fourth-order valence-corrected chi connectivity index (χ4v) is 19.0. The van der Waals surface area contributed by atoms with Crippen molar-refractivity contribution in [1.29, 1.82) is 0 Å². The lowest BCUT2D eigenvalue weighted by molar-refractivity contribution is -0.159. The molecule has 7 unspecified atom stereocenters. The first-order valence-electron chi connectivity index (χ1n) is 28.3. The van der Waals surface area contributed by atoms with E-state index in [4.69, 9.17) is 0 Å². The molecule has 6 saturated carbocycles. The van der Waals surface area contributed by atoms with Crippen LogP contribution in [-0.4, -0.2) is 11.8 Å². The lowest BCUT2D eigenvalue weighted by Crippen LogP contribution is -2.65. The van der Waals surface area contributed by atoms with Gasteiger partial charge in [0, 0.05) is 59.1 Å². The molecule has 2 nitrogen and oxygen atoms in total. The zero-order chi connectivity index (χ0) is 49.1. The molecule has 18 rings (SSSR count). The molecule has 1 spiro atoms. The number of aromatic nitrogens is 1. The molecule has 0 amide bonds. The van der Waals surface area contributed by atoms with Crippen molar-refractivity contribution < 1.29 is 0 Å². The molecule has 7 atom stereocenters. The van der Waals surface area contributed by atoms with Gasteiger partial charge in [0.05, 0.1) is 5.52 Å². The van der Waals surface area contributed by atoms with E-state index in [9.17, 15) is 0 Å². The number of nitrogens with zero attached hydrogens (tertiary/aromatic N) is 1. The number of hydrogen-bond donors (Lipinski definition) is 1. The van der Waals surface area contributed by atoms with E-state index in [1.165, 1.54) is 154 Å². The highest BCUT2D eigenvalue weighted by Gasteiger charge is 2.74. The second kappa shape index (κ2) is 14.7. The average molecular weight is 982 g/mol. The van der Waals surface area contributed by atoms with E-state index in [1.807, 2.05) is 11.3 Å². The van der Waals surface area contributed by atoms with E-state index in [-0.39, 0.29) is 5.41 Å². The van der Waals surface area contributed by atoms with Crippen molar-refractivity contribution in [2.24, 2.45) is 40.9 Å². The smallest absolute Gasteiger partial charge is 0.197 e. The van der Waals surface area contributed by atoms with Crippen molar-refractivity contribution >= 4 is 93.7 Å². The number of anilines is 2. The Morgan fingerprint density at radius 3 is 2.07 bits per heavy atom. The van der Waals surface area contributed by atoms with Crippen molar-refractivity contribution in [2.45, 2.75) is 76.0 Å². The van der Waals surface area contributed by atoms with Gasteiger partial charge in [-0.25, -0.2) is 0 Å². The third kappa shape index (κ3) is 5.88. The Kier molecular flexibility index (Phi) is 8.32. The molecule has 1 N–H and O–H groups in total. The van der Waals surface area contributed by atoms with Crippen LogP contribution in [0.25, 0.3) is 91.8 Å². The summed E-state index contributed by atoms with van der Waals surface area (Å²) in [6.07, 6.45) is 11.2. The van der Waals surface area contributed by atoms with Gasteiger partial charge >= 0.3 is 0 Å². The summed E-state index contributed by atoms with van der Waals surface area (Å²) in [6.45, 7) is 5.19. The Morgan fingerprint density at radius 1 is 0.573 bits per heavy atom. The number of thiophene rings is 1. The van der Waals surface area contributed by atoms with Gasteiger partial charge in [-0.1, -0.05) is 129 Å². The zero-order valence-corrected chi connectivity index (χ0v) is 43.6. The molecule has 7 aliphatic rings. The maximum absolute atomic E-state index is 4.08. The first-order valence-corrected chi connectivity index (χ1v) is 29.1. The summed E-state index contributed by atoms with van der Waals surface area (Å²) in [5, 5.41) is 12.2. The molecule has 361 valence electrons. The number of fused-ring (bicyclic) bond motifs is 9. The van der Waals surface area contributed by atoms with E-state index in [0.29, 0.717) is 10.8 Å². The first-order chi connectivity index (χ1) is 36.8. The highest BCUT2D eigenvalue weighted by Crippen LogP contribution is 2.82. The Bertz CT molecular complexity index is 4260. The zero-order valence-electron chi connectivity index (χ0n) is 42.8. The average Bonchev–Trinajstić information content (AvgIpc) is 4.37. The molecule has 6 fully saturated rings. The highest BCUT2D eigenvalue weighted by atomic mass is 32.1. The third-order valence-electron chi connectivity index (χ3n) is 21.3. The molecule has 0 bridgehead atoms. The van der Waals surface area contributed by atoms with E-state index >= 15 is 0 Å². The van der Waals surface area contributed by atoms with Gasteiger partial charge in [0.2, 0.25) is 0 Å². The van der Waals surface area contributed by atoms with Gasteiger partial charge in [-0.3, -0.25) is 0 Å². The minimum absolute atomic E-state index is 0.172. The fourth-order valence-electron chi connectivity index (χ4n) is 17.8. The maximum atomic E-state index is 4.08. The Labute approximate surface area is 444 Å². The van der Waals surface area contributed by atoms with Crippen LogP contribution < -0.4 is 16.2 Å². The van der Waals surface area contributed by atoms with E-state index in [1.54, 1.807) is 11.1 Å². The van der Waals surface area contributed by atoms with E-state index in [2.05, 4.69) is 207 Å². The largest absolute Gasteiger partial charge is 0.355 e. The quantitative estimate of drug-likeness (QED) is 0.158. The van der Waals surface area contributed by atoms with Crippen molar-refractivity contribution in [1.82, 2.24) is 4.57 Å². The highest BCUT2D eigenvalue weighted by molar-refractivity contribution is 7.26. The minimum Gasteiger partial charge on any atom is -0.355 e. The van der Waals surface area contributed by atoms with Crippen molar-refractivity contribution in [2.75, 3.05) is 5.32 Å². The van der Waals surface area contributed by atoms with E-state index in [0.717, 1.165) is 46.9 Å². The third-order valence-corrected chi connectivity index (χ3v) is 22.4. The van der Waals surface area contributed by atoms with Gasteiger partial charge in [-0.2, -0.15) is 0 Å². The summed E-state index contributed by atoms with van der Waals surface area (Å²) in [7, 11) is 2.63. The second-order valence-electron chi connectivity index (χ2n) is 25.4. The monoisotopic (exact) mass is 981 g/mol. The molecule has 1 radical (unpaired) electrons. The molecule has 6 aliphatic carbocycles. The number of benzene rings is 9. The van der Waals surface area contributed by atoms with Crippen molar-refractivity contribution in [3.63, 3.8) is 0 Å². The normalized spacial score (nSPS) is 28.2. The van der Waals surface area contributed by atoms with Crippen LogP contribution in [0, 0.1) is 40.9 Å². The molecule has 4 heteroatoms. The second-order valence-corrected chi connectivity index (χ2v) is 26.5. The van der Waals surface area contributed by atoms with Crippen LogP contribution in [0.3, 0.4) is 0 Å². The Balaban J connectivity index is 0.906. The molecular formula is C71H58BN2S. The van der Waals surface area contributed by atoms with Crippen LogP contribution in [0.4, 0.5) is 11.4 Å². The summed E-state index contributed by atoms with van der Waals surface area (Å²) >= 11 is 1.93. The van der Waals surface area contributed by atoms with Gasteiger partial charge < -0.3 is 9.88 Å². The maximum Gasteiger partial charge on any atom is 0.197 e. The van der Waals surface area contributed by atoms with Gasteiger partial charge in [0.1, 0.15) is 0 Å². The molecule has 3 heterocycles. The van der Waals surface area contributed by atoms with Gasteiger partial charge in [0.25, 0.3) is 0 Å². The molecule has 11 aromatic rings. The summed E-state index contributed by atoms with van der Waals surface area (Å²) in [6, 6.07) is 67.8. The van der Waals surface area contributed by atoms with Crippen LogP contribution in [0.1, 0.15) is 76.3 Å². The summed E-state index contributed by atoms with van der Waals surface area (Å²) < 4.78 is 5.36. The fraction of sp³-hybridized carbons (Fsp3) is 0.268. The van der Waals surface area contributed by atoms with Crippen LogP contribution >= 0.6 is 11.3 Å². The summed E-state index contributed by atoms with van der Waals surface area (Å²) in [4.78, 5) is 0. The van der Waals surface area contributed by atoms with Crippen LogP contribution in [-0.2, 0) is 10.8 Å². The molecule has 2 aromatic heterocycles. The molecular weight excluding hydrogens is 924 g/mol. The molecule has 75 heavy (non-hydrogen) atoms. The SMILES string of the molecule is CC1CC2CC3CC(c4ccc5c(c4)c4cc(C6(C)CC7CC78CC8C6)cc6c4n5-c4cc(-c5ccccc5)cc(-c5c(Nc7ccc(-c8ccccc8)cc7)ccc7sc8cc9ccccc9cc8c57)c4[B]6)(C1)C23. The molecule has 1 aliphatic heterocycles. The number of hydrogen-bond acceptors (Lipinski definition) is 2. The van der Waals surface area contributed by atoms with Gasteiger partial charge in [0.15, 0.2) is 7.28 Å². The van der Waals surface area contributed by atoms with Crippen molar-refractivity contribution in [3.05, 3.63) is 187 Å². The van der Waals surface area contributed by atoms with Crippen molar-refractivity contribution in [3.8, 4) is 39.1 Å². The predicted octanol–water partition coefficient (Wildman–Crippen LogP) is 17.4. The lowest BCUT2D eigenvalue weighted by Gasteiger charge is -2.70. The van der Waals surface area contributed by atoms with Gasteiger partial charge in [-0.15, -0.1) is 11.3 Å². The Morgan fingerprint density at radius 2 is 1.29 bits per heavy atom. The van der Waals surface area contributed by atoms with Crippen LogP contribution in [0.2, 0.25) is 0 Å². The summed E-state index contributed by atoms with van der Waals surface area (Å²) in [5.41, 5.74) is 20.7. The summed E-state index contributed by atoms with van der Waals surface area (Å²) in [5.74, 6) is 5.34. The van der Waals surface area contributed by atoms with Crippen LogP contribution in [0.5, 0.6) is 0 Å². The molecule has 0 saturated heterocycles. The minimum atomic E-state index is 0.172.